The molecular formula is C23H23F3N8O4. The smallest absolute Gasteiger partial charge is 0.356 e. The van der Waals surface area contributed by atoms with E-state index in [2.05, 4.69) is 25.3 Å². The van der Waals surface area contributed by atoms with Crippen molar-refractivity contribution in [2.45, 2.75) is 39.3 Å². The van der Waals surface area contributed by atoms with Gasteiger partial charge in [-0.2, -0.15) is 13.2 Å². The maximum Gasteiger partial charge on any atom is 0.418 e. The Morgan fingerprint density at radius 3 is 2.61 bits per heavy atom. The Bertz CT molecular complexity index is 1420. The van der Waals surface area contributed by atoms with Gasteiger partial charge in [0.2, 0.25) is 12.3 Å². The molecule has 0 saturated heterocycles. The van der Waals surface area contributed by atoms with Gasteiger partial charge in [-0.15, -0.1) is 0 Å². The fourth-order valence-electron chi connectivity index (χ4n) is 3.93. The lowest BCUT2D eigenvalue weighted by atomic mass is 10.1. The molecule has 0 radical (unpaired) electrons. The highest BCUT2D eigenvalue weighted by Crippen LogP contribution is 2.33. The van der Waals surface area contributed by atoms with Gasteiger partial charge >= 0.3 is 6.18 Å². The zero-order valence-corrected chi connectivity index (χ0v) is 20.7. The third-order valence-electron chi connectivity index (χ3n) is 5.94. The molecule has 0 aliphatic carbocycles. The lowest BCUT2D eigenvalue weighted by Crippen LogP contribution is -2.55. The molecule has 4 rings (SSSR count). The van der Waals surface area contributed by atoms with Crippen LogP contribution in [0.1, 0.15) is 41.6 Å². The van der Waals surface area contributed by atoms with Crippen molar-refractivity contribution < 1.29 is 32.7 Å². The van der Waals surface area contributed by atoms with Crippen LogP contribution in [0.4, 0.5) is 24.8 Å². The van der Waals surface area contributed by atoms with Crippen molar-refractivity contribution in [1.82, 2.24) is 29.4 Å². The zero-order valence-electron chi connectivity index (χ0n) is 20.7. The minimum absolute atomic E-state index is 0.00418. The van der Waals surface area contributed by atoms with Crippen molar-refractivity contribution in [3.8, 4) is 11.4 Å². The van der Waals surface area contributed by atoms with Crippen LogP contribution in [0.15, 0.2) is 30.9 Å². The molecule has 38 heavy (non-hydrogen) atoms. The number of alkyl halides is 3. The molecule has 1 aliphatic heterocycles. The maximum absolute atomic E-state index is 13.3. The van der Waals surface area contributed by atoms with Gasteiger partial charge in [0.25, 0.3) is 5.91 Å². The minimum atomic E-state index is -4.61. The summed E-state index contributed by atoms with van der Waals surface area (Å²) >= 11 is 0. The van der Waals surface area contributed by atoms with E-state index in [9.17, 15) is 32.7 Å². The summed E-state index contributed by atoms with van der Waals surface area (Å²) in [5.41, 5.74) is -1.12. The van der Waals surface area contributed by atoms with Crippen molar-refractivity contribution in [1.29, 1.82) is 0 Å². The number of carbonyl (C=O) groups excluding carboxylic acids is 3. The summed E-state index contributed by atoms with van der Waals surface area (Å²) < 4.78 is 41.2. The van der Waals surface area contributed by atoms with Crippen LogP contribution in [0.3, 0.4) is 0 Å². The second kappa shape index (κ2) is 9.81. The quantitative estimate of drug-likeness (QED) is 0.487. The molecule has 3 aromatic rings. The van der Waals surface area contributed by atoms with Crippen LogP contribution >= 0.6 is 0 Å². The number of halogens is 3. The molecule has 4 heterocycles. The third-order valence-corrected chi connectivity index (χ3v) is 5.94. The number of carbonyl (C=O) groups is 3. The Morgan fingerprint density at radius 1 is 1.24 bits per heavy atom. The van der Waals surface area contributed by atoms with Gasteiger partial charge in [0.15, 0.2) is 17.3 Å². The van der Waals surface area contributed by atoms with Crippen molar-refractivity contribution in [2.24, 2.45) is 0 Å². The lowest BCUT2D eigenvalue weighted by Gasteiger charge is -2.38. The number of aryl methyl sites for hydroxylation is 1. The molecule has 2 N–H and O–H groups in total. The van der Waals surface area contributed by atoms with Gasteiger partial charge in [0.1, 0.15) is 17.6 Å². The van der Waals surface area contributed by atoms with Crippen molar-refractivity contribution in [3.05, 3.63) is 47.8 Å². The molecule has 12 nitrogen and oxygen atoms in total. The van der Waals surface area contributed by atoms with Gasteiger partial charge in [-0.3, -0.25) is 24.3 Å². The predicted octanol–water partition coefficient (Wildman–Crippen LogP) is 2.02. The number of hydrogen-bond acceptors (Lipinski definition) is 9. The highest BCUT2D eigenvalue weighted by Gasteiger charge is 2.40. The van der Waals surface area contributed by atoms with Gasteiger partial charge in [-0.1, -0.05) is 0 Å². The van der Waals surface area contributed by atoms with Crippen LogP contribution < -0.4 is 10.2 Å². The Morgan fingerprint density at radius 2 is 1.95 bits per heavy atom. The molecule has 0 fully saturated rings. The van der Waals surface area contributed by atoms with Crippen LogP contribution in [0.5, 0.6) is 0 Å². The number of Topliss-reactive ketones (excluding diaryl/α,β-unsaturated/α-hetero) is 1. The molecule has 1 aliphatic rings. The molecule has 15 heteroatoms. The number of hydrogen-bond donors (Lipinski definition) is 2. The summed E-state index contributed by atoms with van der Waals surface area (Å²) in [6.45, 7) is 3.66. The molecule has 3 aromatic heterocycles. The van der Waals surface area contributed by atoms with Crippen LogP contribution in [0, 0.1) is 6.92 Å². The number of aromatic nitrogens is 5. The van der Waals surface area contributed by atoms with E-state index in [1.165, 1.54) is 62.1 Å². The van der Waals surface area contributed by atoms with Gasteiger partial charge in [-0.25, -0.2) is 15.0 Å². The van der Waals surface area contributed by atoms with Crippen LogP contribution in [-0.4, -0.2) is 72.1 Å². The van der Waals surface area contributed by atoms with Crippen molar-refractivity contribution >= 4 is 29.2 Å². The van der Waals surface area contributed by atoms with Crippen molar-refractivity contribution in [2.75, 3.05) is 23.8 Å². The van der Waals surface area contributed by atoms with E-state index in [1.54, 1.807) is 0 Å². The molecule has 0 saturated carbocycles. The fourth-order valence-corrected chi connectivity index (χ4v) is 3.93. The summed E-state index contributed by atoms with van der Waals surface area (Å²) in [6, 6.07) is 1.23. The van der Waals surface area contributed by atoms with Gasteiger partial charge in [0.05, 0.1) is 18.4 Å². The first kappa shape index (κ1) is 26.7. The number of aliphatic hydroxyl groups is 1. The first-order valence-electron chi connectivity index (χ1n) is 11.3. The second-order valence-electron chi connectivity index (χ2n) is 8.70. The van der Waals surface area contributed by atoms with Gasteiger partial charge in [0, 0.05) is 30.7 Å². The molecule has 0 aromatic carbocycles. The summed E-state index contributed by atoms with van der Waals surface area (Å²) in [7, 11) is 1.48. The summed E-state index contributed by atoms with van der Waals surface area (Å²) in [4.78, 5) is 56.1. The number of anilines is 2. The first-order valence-corrected chi connectivity index (χ1v) is 11.3. The highest BCUT2D eigenvalue weighted by molar-refractivity contribution is 6.02. The Labute approximate surface area is 214 Å². The van der Waals surface area contributed by atoms with Crippen LogP contribution in [0.2, 0.25) is 0 Å². The average molecular weight is 532 g/mol. The number of aliphatic hydroxyl groups excluding tert-OH is 1. The topological polar surface area (TPSA) is 146 Å². The number of nitrogens with one attached hydrogen (secondary N) is 1. The summed E-state index contributed by atoms with van der Waals surface area (Å²) in [5, 5.41) is 13.0. The standard InChI is InChI=1S/C23H23F3N8O4/c1-11(35)9-33-21(37)17-19(32(4)22(33)38)29-10-34(17)13(3)20(36)31-16-5-6-27-18(30-16)14-7-15(23(24,25)26)12(2)28-8-14/h5-8,10,13,22,38H,9H2,1-4H3,(H,27,30,31,36)/t13-,22?/m0/s1. The number of pyridine rings is 1. The van der Waals surface area contributed by atoms with E-state index in [1.807, 2.05) is 0 Å². The highest BCUT2D eigenvalue weighted by atomic mass is 19.4. The van der Waals surface area contributed by atoms with E-state index in [-0.39, 0.29) is 46.7 Å². The molecule has 1 unspecified atom stereocenters. The zero-order chi connectivity index (χ0) is 27.9. The molecular weight excluding hydrogens is 509 g/mol. The van der Waals surface area contributed by atoms with Gasteiger partial charge < -0.3 is 19.9 Å². The van der Waals surface area contributed by atoms with Crippen LogP contribution in [-0.2, 0) is 15.8 Å². The number of amides is 2. The number of rotatable bonds is 6. The largest absolute Gasteiger partial charge is 0.418 e. The average Bonchev–Trinajstić information content (AvgIpc) is 3.30. The molecule has 0 bridgehead atoms. The number of ketones is 1. The minimum Gasteiger partial charge on any atom is -0.356 e. The normalized spacial score (nSPS) is 16.3. The number of fused-ring (bicyclic) bond motifs is 1. The Hall–Kier alpha value is -4.40. The van der Waals surface area contributed by atoms with E-state index < -0.39 is 35.9 Å². The van der Waals surface area contributed by atoms with E-state index in [4.69, 9.17) is 0 Å². The second-order valence-corrected chi connectivity index (χ2v) is 8.70. The van der Waals surface area contributed by atoms with Gasteiger partial charge in [-0.05, 0) is 32.9 Å². The summed E-state index contributed by atoms with van der Waals surface area (Å²) in [6.07, 6.45) is -2.29. The lowest BCUT2D eigenvalue weighted by molar-refractivity contribution is -0.138. The maximum atomic E-state index is 13.3. The number of nitrogens with zero attached hydrogens (tertiary/aromatic N) is 7. The van der Waals surface area contributed by atoms with E-state index >= 15 is 0 Å². The number of imidazole rings is 1. The summed E-state index contributed by atoms with van der Waals surface area (Å²) in [5.74, 6) is -1.61. The fraction of sp³-hybridized carbons (Fsp3) is 0.348. The monoisotopic (exact) mass is 532 g/mol. The van der Waals surface area contributed by atoms with E-state index in [0.29, 0.717) is 0 Å². The van der Waals surface area contributed by atoms with E-state index in [0.717, 1.165) is 11.0 Å². The Balaban J connectivity index is 1.59. The third kappa shape index (κ3) is 4.91. The molecule has 2 amide bonds. The van der Waals surface area contributed by atoms with Crippen LogP contribution in [0.25, 0.3) is 11.4 Å². The molecule has 0 spiro atoms. The first-order chi connectivity index (χ1) is 17.8. The van der Waals surface area contributed by atoms with Crippen molar-refractivity contribution in [3.63, 3.8) is 0 Å². The SMILES string of the molecule is CC(=O)CN1C(=O)c2c(ncn2[C@@H](C)C(=O)Nc2ccnc(-c3cnc(C)c(C(F)(F)F)c3)n2)N(C)C1O. The Kier molecular flexibility index (Phi) is 6.88. The predicted molar refractivity (Wildman–Crippen MR) is 127 cm³/mol. The molecule has 200 valence electrons. The molecule has 2 atom stereocenters.